The van der Waals surface area contributed by atoms with Crippen molar-refractivity contribution in [3.05, 3.63) is 65.7 Å². The van der Waals surface area contributed by atoms with E-state index in [4.69, 9.17) is 9.47 Å². The van der Waals surface area contributed by atoms with Gasteiger partial charge in [-0.25, -0.2) is 0 Å². The van der Waals surface area contributed by atoms with Crippen molar-refractivity contribution in [3.63, 3.8) is 0 Å². The maximum absolute atomic E-state index is 13.2. The molecule has 1 atom stereocenters. The lowest BCUT2D eigenvalue weighted by Gasteiger charge is -2.35. The standard InChI is InChI=1S/C26H36N2O3/c1-22-9-8-12-25(19-22)31-16-7-6-13-26(29)28(21-24-10-4-3-5-11-24)23(2)20-27-14-17-30-18-15-27/h3-5,8-12,19,23H,6-7,13-18,20-21H2,1-2H3. The molecule has 1 amide bonds. The minimum absolute atomic E-state index is 0.161. The third-order valence-electron chi connectivity index (χ3n) is 5.72. The van der Waals surface area contributed by atoms with E-state index in [1.165, 1.54) is 11.1 Å². The van der Waals surface area contributed by atoms with E-state index < -0.39 is 0 Å². The summed E-state index contributed by atoms with van der Waals surface area (Å²) in [6.07, 6.45) is 2.26. The van der Waals surface area contributed by atoms with Crippen LogP contribution in [-0.2, 0) is 16.1 Å². The number of carbonyl (C=O) groups is 1. The van der Waals surface area contributed by atoms with Crippen LogP contribution >= 0.6 is 0 Å². The van der Waals surface area contributed by atoms with Crippen molar-refractivity contribution in [2.75, 3.05) is 39.5 Å². The third-order valence-corrected chi connectivity index (χ3v) is 5.72. The highest BCUT2D eigenvalue weighted by molar-refractivity contribution is 5.76. The lowest BCUT2D eigenvalue weighted by atomic mass is 10.1. The highest BCUT2D eigenvalue weighted by atomic mass is 16.5. The molecule has 2 aromatic rings. The van der Waals surface area contributed by atoms with Gasteiger partial charge in [-0.15, -0.1) is 0 Å². The van der Waals surface area contributed by atoms with Gasteiger partial charge >= 0.3 is 0 Å². The van der Waals surface area contributed by atoms with Gasteiger partial charge < -0.3 is 14.4 Å². The molecule has 2 aromatic carbocycles. The summed E-state index contributed by atoms with van der Waals surface area (Å²) in [5, 5.41) is 0. The Labute approximate surface area is 187 Å². The van der Waals surface area contributed by atoms with Crippen LogP contribution in [0.1, 0.15) is 37.3 Å². The van der Waals surface area contributed by atoms with E-state index in [2.05, 4.69) is 36.9 Å². The SMILES string of the molecule is Cc1cccc(OCCCCC(=O)N(Cc2ccccc2)C(C)CN2CCOCC2)c1. The number of rotatable bonds is 11. The molecule has 5 nitrogen and oxygen atoms in total. The summed E-state index contributed by atoms with van der Waals surface area (Å²) in [5.74, 6) is 1.12. The van der Waals surface area contributed by atoms with E-state index in [0.717, 1.165) is 51.4 Å². The number of morpholine rings is 1. The lowest BCUT2D eigenvalue weighted by Crippen LogP contribution is -2.47. The number of carbonyl (C=O) groups excluding carboxylic acids is 1. The van der Waals surface area contributed by atoms with E-state index in [1.54, 1.807) is 0 Å². The molecule has 31 heavy (non-hydrogen) atoms. The number of unbranched alkanes of at least 4 members (excludes halogenated alkanes) is 1. The number of hydrogen-bond donors (Lipinski definition) is 0. The fraction of sp³-hybridized carbons (Fsp3) is 0.500. The summed E-state index contributed by atoms with van der Waals surface area (Å²) in [6, 6.07) is 18.5. The van der Waals surface area contributed by atoms with Gasteiger partial charge in [0.1, 0.15) is 5.75 Å². The van der Waals surface area contributed by atoms with Crippen molar-refractivity contribution in [1.29, 1.82) is 0 Å². The van der Waals surface area contributed by atoms with Crippen molar-refractivity contribution >= 4 is 5.91 Å². The summed E-state index contributed by atoms with van der Waals surface area (Å²) in [6.45, 7) is 9.84. The second-order valence-corrected chi connectivity index (χ2v) is 8.39. The van der Waals surface area contributed by atoms with Crippen LogP contribution in [0.3, 0.4) is 0 Å². The Balaban J connectivity index is 1.49. The minimum Gasteiger partial charge on any atom is -0.494 e. The van der Waals surface area contributed by atoms with E-state index >= 15 is 0 Å². The highest BCUT2D eigenvalue weighted by Gasteiger charge is 2.23. The molecule has 1 unspecified atom stereocenters. The first-order valence-corrected chi connectivity index (χ1v) is 11.4. The van der Waals surface area contributed by atoms with Crippen molar-refractivity contribution in [2.24, 2.45) is 0 Å². The summed E-state index contributed by atoms with van der Waals surface area (Å²) in [5.41, 5.74) is 2.37. The fourth-order valence-corrected chi connectivity index (χ4v) is 3.94. The van der Waals surface area contributed by atoms with E-state index in [9.17, 15) is 4.79 Å². The fourth-order valence-electron chi connectivity index (χ4n) is 3.94. The van der Waals surface area contributed by atoms with Crippen molar-refractivity contribution in [3.8, 4) is 5.75 Å². The maximum Gasteiger partial charge on any atom is 0.223 e. The zero-order valence-electron chi connectivity index (χ0n) is 19.0. The quantitative estimate of drug-likeness (QED) is 0.505. The van der Waals surface area contributed by atoms with Crippen LogP contribution in [0.5, 0.6) is 5.75 Å². The van der Waals surface area contributed by atoms with Crippen LogP contribution in [-0.4, -0.2) is 61.2 Å². The second-order valence-electron chi connectivity index (χ2n) is 8.39. The van der Waals surface area contributed by atoms with Crippen molar-refractivity contribution in [1.82, 2.24) is 9.80 Å². The predicted molar refractivity (Wildman–Crippen MR) is 124 cm³/mol. The van der Waals surface area contributed by atoms with Crippen LogP contribution in [0.15, 0.2) is 54.6 Å². The Hall–Kier alpha value is -2.37. The van der Waals surface area contributed by atoms with Crippen LogP contribution in [0, 0.1) is 6.92 Å². The largest absolute Gasteiger partial charge is 0.494 e. The molecule has 0 aliphatic carbocycles. The molecule has 1 aliphatic heterocycles. The van der Waals surface area contributed by atoms with E-state index in [1.807, 2.05) is 41.3 Å². The molecule has 1 aliphatic rings. The monoisotopic (exact) mass is 424 g/mol. The molecular formula is C26H36N2O3. The molecule has 0 radical (unpaired) electrons. The molecule has 1 fully saturated rings. The Morgan fingerprint density at radius 3 is 2.61 bits per heavy atom. The number of hydrogen-bond acceptors (Lipinski definition) is 4. The second kappa shape index (κ2) is 12.5. The zero-order valence-corrected chi connectivity index (χ0v) is 19.0. The molecule has 0 aromatic heterocycles. The van der Waals surface area contributed by atoms with Gasteiger partial charge in [0.2, 0.25) is 5.91 Å². The van der Waals surface area contributed by atoms with Gasteiger partial charge in [-0.05, 0) is 49.9 Å². The summed E-state index contributed by atoms with van der Waals surface area (Å²) >= 11 is 0. The summed E-state index contributed by atoms with van der Waals surface area (Å²) in [7, 11) is 0. The lowest BCUT2D eigenvalue weighted by molar-refractivity contribution is -0.134. The van der Waals surface area contributed by atoms with Gasteiger partial charge in [0.25, 0.3) is 0 Å². The summed E-state index contributed by atoms with van der Waals surface area (Å²) < 4.78 is 11.3. The molecule has 0 spiro atoms. The van der Waals surface area contributed by atoms with Gasteiger partial charge in [-0.3, -0.25) is 9.69 Å². The molecule has 0 bridgehead atoms. The number of nitrogens with zero attached hydrogens (tertiary/aromatic N) is 2. The first-order valence-electron chi connectivity index (χ1n) is 11.4. The van der Waals surface area contributed by atoms with Gasteiger partial charge in [-0.1, -0.05) is 42.5 Å². The Bertz CT molecular complexity index is 790. The van der Waals surface area contributed by atoms with Crippen LogP contribution in [0.4, 0.5) is 0 Å². The smallest absolute Gasteiger partial charge is 0.223 e. The molecule has 168 valence electrons. The van der Waals surface area contributed by atoms with E-state index in [0.29, 0.717) is 19.6 Å². The van der Waals surface area contributed by atoms with Crippen LogP contribution < -0.4 is 4.74 Å². The number of amides is 1. The molecule has 0 N–H and O–H groups in total. The Morgan fingerprint density at radius 1 is 1.10 bits per heavy atom. The average Bonchev–Trinajstić information content (AvgIpc) is 2.78. The first-order chi connectivity index (χ1) is 15.1. The molecule has 3 rings (SSSR count). The molecule has 1 saturated heterocycles. The molecular weight excluding hydrogens is 388 g/mol. The van der Waals surface area contributed by atoms with Gasteiger partial charge in [-0.2, -0.15) is 0 Å². The van der Waals surface area contributed by atoms with E-state index in [-0.39, 0.29) is 11.9 Å². The van der Waals surface area contributed by atoms with Gasteiger partial charge in [0.05, 0.1) is 19.8 Å². The minimum atomic E-state index is 0.161. The van der Waals surface area contributed by atoms with Crippen LogP contribution in [0.2, 0.25) is 0 Å². The molecule has 5 heteroatoms. The average molecular weight is 425 g/mol. The normalized spacial score (nSPS) is 15.4. The Kier molecular flexibility index (Phi) is 9.38. The van der Waals surface area contributed by atoms with Crippen molar-refractivity contribution < 1.29 is 14.3 Å². The summed E-state index contributed by atoms with van der Waals surface area (Å²) in [4.78, 5) is 17.6. The number of ether oxygens (including phenoxy) is 2. The molecule has 0 saturated carbocycles. The van der Waals surface area contributed by atoms with Crippen molar-refractivity contribution in [2.45, 2.75) is 45.7 Å². The van der Waals surface area contributed by atoms with Gasteiger partial charge in [0, 0.05) is 38.6 Å². The Morgan fingerprint density at radius 2 is 1.87 bits per heavy atom. The molecule has 1 heterocycles. The van der Waals surface area contributed by atoms with Gasteiger partial charge in [0.15, 0.2) is 0 Å². The first kappa shape index (κ1) is 23.3. The number of benzene rings is 2. The maximum atomic E-state index is 13.2. The zero-order chi connectivity index (χ0) is 21.9. The van der Waals surface area contributed by atoms with Crippen LogP contribution in [0.25, 0.3) is 0 Å². The predicted octanol–water partition coefficient (Wildman–Crippen LogP) is 4.29. The third kappa shape index (κ3) is 8.00. The number of aryl methyl sites for hydroxylation is 1. The topological polar surface area (TPSA) is 42.0 Å². The highest BCUT2D eigenvalue weighted by Crippen LogP contribution is 2.15.